The van der Waals surface area contributed by atoms with Crippen LogP contribution in [0.5, 0.6) is 0 Å². The highest BCUT2D eigenvalue weighted by Gasteiger charge is 2.42. The van der Waals surface area contributed by atoms with Crippen molar-refractivity contribution >= 4 is 24.0 Å². The Morgan fingerprint density at radius 2 is 2.04 bits per heavy atom. The molecule has 0 spiro atoms. The van der Waals surface area contributed by atoms with E-state index in [4.69, 9.17) is 0 Å². The molecule has 1 saturated heterocycles. The minimum absolute atomic E-state index is 0. The SMILES string of the molecule is Cl.O=C(Nc1cnn(CC(F)(F)F)c1)C1(n2cccn2)CCNCC1. The lowest BCUT2D eigenvalue weighted by Gasteiger charge is -2.36. The summed E-state index contributed by atoms with van der Waals surface area (Å²) in [4.78, 5) is 12.8. The molecule has 7 nitrogen and oxygen atoms in total. The topological polar surface area (TPSA) is 76.8 Å². The van der Waals surface area contributed by atoms with Gasteiger partial charge in [-0.05, 0) is 32.0 Å². The van der Waals surface area contributed by atoms with Crippen LogP contribution in [0.4, 0.5) is 18.9 Å². The standard InChI is InChI=1S/C14H17F3N6O.ClH/c15-14(16,17)10-22-9-11(8-20-22)21-12(24)13(2-5-18-6-3-13)23-7-1-4-19-23;/h1,4,7-9,18H,2-3,5-6,10H2,(H,21,24);1H. The molecule has 2 N–H and O–H groups in total. The number of anilines is 1. The fraction of sp³-hybridized carbons (Fsp3) is 0.500. The van der Waals surface area contributed by atoms with Gasteiger partial charge < -0.3 is 10.6 Å². The Kier molecular flexibility index (Phi) is 5.73. The average molecular weight is 379 g/mol. The van der Waals surface area contributed by atoms with Crippen LogP contribution in [-0.2, 0) is 16.9 Å². The smallest absolute Gasteiger partial charge is 0.321 e. The van der Waals surface area contributed by atoms with E-state index in [1.54, 1.807) is 23.1 Å². The molecule has 3 heterocycles. The molecule has 1 aliphatic rings. The van der Waals surface area contributed by atoms with Gasteiger partial charge in [-0.15, -0.1) is 12.4 Å². The maximum absolute atomic E-state index is 12.8. The molecular formula is C14H18ClF3N6O. The van der Waals surface area contributed by atoms with E-state index in [9.17, 15) is 18.0 Å². The van der Waals surface area contributed by atoms with Gasteiger partial charge in [-0.2, -0.15) is 23.4 Å². The van der Waals surface area contributed by atoms with E-state index in [1.807, 2.05) is 0 Å². The first-order valence-electron chi connectivity index (χ1n) is 7.51. The summed E-state index contributed by atoms with van der Waals surface area (Å²) in [5.74, 6) is -0.306. The molecule has 0 aliphatic carbocycles. The second-order valence-corrected chi connectivity index (χ2v) is 5.73. The maximum Gasteiger partial charge on any atom is 0.408 e. The molecule has 1 aliphatic heterocycles. The zero-order valence-corrected chi connectivity index (χ0v) is 14.0. The zero-order valence-electron chi connectivity index (χ0n) is 13.2. The Morgan fingerprint density at radius 1 is 1.32 bits per heavy atom. The van der Waals surface area contributed by atoms with Gasteiger partial charge >= 0.3 is 6.18 Å². The van der Waals surface area contributed by atoms with Crippen LogP contribution < -0.4 is 10.6 Å². The third kappa shape index (κ3) is 4.31. The number of hydrogen-bond acceptors (Lipinski definition) is 4. The van der Waals surface area contributed by atoms with Gasteiger partial charge in [-0.25, -0.2) is 0 Å². The number of nitrogens with zero attached hydrogens (tertiary/aromatic N) is 4. The van der Waals surface area contributed by atoms with Crippen LogP contribution in [0.1, 0.15) is 12.8 Å². The lowest BCUT2D eigenvalue weighted by molar-refractivity contribution is -0.142. The third-order valence-electron chi connectivity index (χ3n) is 4.03. The molecule has 0 bridgehead atoms. The van der Waals surface area contributed by atoms with Gasteiger partial charge in [0.25, 0.3) is 5.91 Å². The van der Waals surface area contributed by atoms with E-state index in [-0.39, 0.29) is 24.0 Å². The molecule has 2 aromatic heterocycles. The summed E-state index contributed by atoms with van der Waals surface area (Å²) in [6.45, 7) is 0.109. The predicted octanol–water partition coefficient (Wildman–Crippen LogP) is 1.78. The van der Waals surface area contributed by atoms with Crippen molar-refractivity contribution in [2.75, 3.05) is 18.4 Å². The largest absolute Gasteiger partial charge is 0.408 e. The Labute approximate surface area is 148 Å². The number of aromatic nitrogens is 4. The zero-order chi connectivity index (χ0) is 17.2. The molecule has 3 rings (SSSR count). The summed E-state index contributed by atoms with van der Waals surface area (Å²) in [7, 11) is 0. The molecule has 0 atom stereocenters. The Bertz CT molecular complexity index is 694. The first-order chi connectivity index (χ1) is 11.4. The Balaban J connectivity index is 0.00000225. The molecule has 138 valence electrons. The normalized spacial score (nSPS) is 16.9. The highest BCUT2D eigenvalue weighted by Crippen LogP contribution is 2.28. The van der Waals surface area contributed by atoms with Crippen molar-refractivity contribution < 1.29 is 18.0 Å². The molecular weight excluding hydrogens is 361 g/mol. The van der Waals surface area contributed by atoms with Gasteiger partial charge in [0.2, 0.25) is 0 Å². The van der Waals surface area contributed by atoms with E-state index >= 15 is 0 Å². The van der Waals surface area contributed by atoms with E-state index in [0.29, 0.717) is 25.9 Å². The molecule has 0 radical (unpaired) electrons. The van der Waals surface area contributed by atoms with Crippen LogP contribution in [0.3, 0.4) is 0 Å². The predicted molar refractivity (Wildman–Crippen MR) is 86.5 cm³/mol. The van der Waals surface area contributed by atoms with Crippen LogP contribution in [0.15, 0.2) is 30.9 Å². The van der Waals surface area contributed by atoms with Gasteiger partial charge in [0.15, 0.2) is 0 Å². The Hall–Kier alpha value is -2.07. The number of rotatable bonds is 4. The molecule has 1 amide bonds. The number of carbonyl (C=O) groups excluding carboxylic acids is 1. The summed E-state index contributed by atoms with van der Waals surface area (Å²) in [5.41, 5.74) is -0.629. The first-order valence-corrected chi connectivity index (χ1v) is 7.51. The number of nitrogens with one attached hydrogen (secondary N) is 2. The van der Waals surface area contributed by atoms with Crippen molar-refractivity contribution in [3.05, 3.63) is 30.9 Å². The van der Waals surface area contributed by atoms with Crippen LogP contribution >= 0.6 is 12.4 Å². The van der Waals surface area contributed by atoms with E-state index in [0.717, 1.165) is 4.68 Å². The van der Waals surface area contributed by atoms with Crippen LogP contribution in [0, 0.1) is 0 Å². The maximum atomic E-state index is 12.8. The monoisotopic (exact) mass is 378 g/mol. The second-order valence-electron chi connectivity index (χ2n) is 5.73. The van der Waals surface area contributed by atoms with Gasteiger partial charge in [0.05, 0.1) is 11.9 Å². The lowest BCUT2D eigenvalue weighted by atomic mass is 9.87. The average Bonchev–Trinajstić information content (AvgIpc) is 3.18. The number of amides is 1. The minimum Gasteiger partial charge on any atom is -0.321 e. The van der Waals surface area contributed by atoms with Gasteiger partial charge in [-0.3, -0.25) is 14.2 Å². The van der Waals surface area contributed by atoms with Crippen molar-refractivity contribution in [3.8, 4) is 0 Å². The lowest BCUT2D eigenvalue weighted by Crippen LogP contribution is -2.52. The van der Waals surface area contributed by atoms with E-state index < -0.39 is 18.3 Å². The molecule has 11 heteroatoms. The van der Waals surface area contributed by atoms with Gasteiger partial charge in [0, 0.05) is 18.6 Å². The molecule has 1 fully saturated rings. The molecule has 0 saturated carbocycles. The fourth-order valence-electron chi connectivity index (χ4n) is 2.87. The number of hydrogen-bond donors (Lipinski definition) is 2. The number of halogens is 4. The summed E-state index contributed by atoms with van der Waals surface area (Å²) < 4.78 is 39.5. The molecule has 25 heavy (non-hydrogen) atoms. The van der Waals surface area contributed by atoms with Gasteiger partial charge in [0.1, 0.15) is 12.1 Å². The summed E-state index contributed by atoms with van der Waals surface area (Å²) in [6, 6.07) is 1.73. The second kappa shape index (κ2) is 7.44. The van der Waals surface area contributed by atoms with E-state index in [2.05, 4.69) is 20.8 Å². The number of alkyl halides is 3. The number of piperidine rings is 1. The van der Waals surface area contributed by atoms with Crippen molar-refractivity contribution in [3.63, 3.8) is 0 Å². The first kappa shape index (κ1) is 19.3. The van der Waals surface area contributed by atoms with Crippen LogP contribution in [0.25, 0.3) is 0 Å². The molecule has 2 aromatic rings. The number of carbonyl (C=O) groups is 1. The summed E-state index contributed by atoms with van der Waals surface area (Å²) in [6.07, 6.45) is 2.41. The third-order valence-corrected chi connectivity index (χ3v) is 4.03. The van der Waals surface area contributed by atoms with E-state index in [1.165, 1.54) is 12.4 Å². The highest BCUT2D eigenvalue weighted by atomic mass is 35.5. The molecule has 0 aromatic carbocycles. The van der Waals surface area contributed by atoms with Crippen LogP contribution in [0.2, 0.25) is 0 Å². The Morgan fingerprint density at radius 3 is 2.64 bits per heavy atom. The molecule has 0 unspecified atom stereocenters. The summed E-state index contributed by atoms with van der Waals surface area (Å²) >= 11 is 0. The van der Waals surface area contributed by atoms with Crippen molar-refractivity contribution in [2.45, 2.75) is 31.1 Å². The quantitative estimate of drug-likeness (QED) is 0.850. The van der Waals surface area contributed by atoms with Crippen molar-refractivity contribution in [1.29, 1.82) is 0 Å². The van der Waals surface area contributed by atoms with Gasteiger partial charge in [-0.1, -0.05) is 0 Å². The van der Waals surface area contributed by atoms with Crippen LogP contribution in [-0.4, -0.2) is 44.7 Å². The van der Waals surface area contributed by atoms with Crippen molar-refractivity contribution in [1.82, 2.24) is 24.9 Å². The fourth-order valence-corrected chi connectivity index (χ4v) is 2.87. The minimum atomic E-state index is -4.36. The summed E-state index contributed by atoms with van der Waals surface area (Å²) in [5, 5.41) is 13.7. The van der Waals surface area contributed by atoms with Crippen molar-refractivity contribution in [2.24, 2.45) is 0 Å². The highest BCUT2D eigenvalue weighted by molar-refractivity contribution is 5.96.